The lowest BCUT2D eigenvalue weighted by molar-refractivity contribution is -0.337. The third kappa shape index (κ3) is 3.68. The van der Waals surface area contributed by atoms with E-state index < -0.39 is 53.6 Å². The maximum Gasteiger partial charge on any atom is 0.308 e. The number of rotatable bonds is 5. The van der Waals surface area contributed by atoms with Gasteiger partial charge in [-0.3, -0.25) is 4.79 Å². The minimum atomic E-state index is -1.21. The number of methoxy groups -OCH3 is 2. The number of fused-ring (bicyclic) bond motifs is 5. The molecule has 15 atom stereocenters. The Kier molecular flexibility index (Phi) is 6.76. The molecule has 10 nitrogen and oxygen atoms in total. The van der Waals surface area contributed by atoms with Crippen LogP contribution in [0.25, 0.3) is 0 Å². The number of carbonyl (C=O) groups is 2. The van der Waals surface area contributed by atoms with Crippen molar-refractivity contribution in [3.8, 4) is 0 Å². The lowest BCUT2D eigenvalue weighted by Gasteiger charge is -2.67. The van der Waals surface area contributed by atoms with Crippen molar-refractivity contribution < 1.29 is 48.2 Å². The monoisotopic (exact) mass is 578 g/mol. The molecule has 10 heteroatoms. The largest absolute Gasteiger partial charge is 0.435 e. The van der Waals surface area contributed by atoms with Crippen LogP contribution in [-0.4, -0.2) is 91.0 Å². The summed E-state index contributed by atoms with van der Waals surface area (Å²) in [4.78, 5) is 25.5. The van der Waals surface area contributed by atoms with Crippen molar-refractivity contribution in [2.45, 2.75) is 132 Å². The number of carbonyl (C=O) groups excluding carboxylic acids is 2. The number of ether oxygens (including phenoxy) is 6. The summed E-state index contributed by atoms with van der Waals surface area (Å²) in [5.41, 5.74) is -2.59. The van der Waals surface area contributed by atoms with Gasteiger partial charge in [0.1, 0.15) is 24.6 Å². The van der Waals surface area contributed by atoms with Crippen molar-refractivity contribution in [2.24, 2.45) is 34.5 Å². The average Bonchev–Trinajstić information content (AvgIpc) is 3.40. The number of aldehydes is 1. The maximum absolute atomic E-state index is 13.2. The molecular weight excluding hydrogens is 532 g/mol. The van der Waals surface area contributed by atoms with E-state index in [2.05, 4.69) is 6.92 Å². The molecule has 0 radical (unpaired) electrons. The molecule has 0 aromatic carbocycles. The van der Waals surface area contributed by atoms with Crippen LogP contribution in [0.1, 0.15) is 78.1 Å². The number of aliphatic hydroxyl groups excluding tert-OH is 1. The lowest BCUT2D eigenvalue weighted by atomic mass is 9.41. The molecule has 7 fully saturated rings. The van der Waals surface area contributed by atoms with Crippen LogP contribution in [0.5, 0.6) is 0 Å². The van der Waals surface area contributed by atoms with Gasteiger partial charge in [0.25, 0.3) is 0 Å². The molecular formula is C31H46O10. The summed E-state index contributed by atoms with van der Waals surface area (Å²) in [7, 11) is 3.07. The zero-order valence-electron chi connectivity index (χ0n) is 24.7. The van der Waals surface area contributed by atoms with Gasteiger partial charge < -0.3 is 43.4 Å². The fourth-order valence-electron chi connectivity index (χ4n) is 11.2. The third-order valence-electron chi connectivity index (χ3n) is 13.2. The van der Waals surface area contributed by atoms with E-state index in [4.69, 9.17) is 28.4 Å². The number of aliphatic hydroxyl groups is 2. The molecule has 41 heavy (non-hydrogen) atoms. The zero-order chi connectivity index (χ0) is 28.9. The predicted octanol–water partition coefficient (Wildman–Crippen LogP) is 2.50. The van der Waals surface area contributed by atoms with E-state index in [9.17, 15) is 19.8 Å². The number of esters is 1. The van der Waals surface area contributed by atoms with E-state index in [1.54, 1.807) is 6.92 Å². The number of hydrogen-bond acceptors (Lipinski definition) is 10. The lowest BCUT2D eigenvalue weighted by Crippen LogP contribution is -2.71. The normalized spacial score (nSPS) is 57.6. The van der Waals surface area contributed by atoms with Crippen LogP contribution in [0.3, 0.4) is 0 Å². The average molecular weight is 579 g/mol. The second kappa shape index (κ2) is 9.68. The molecule has 2 N–H and O–H groups in total. The molecule has 2 bridgehead atoms. The third-order valence-corrected chi connectivity index (χ3v) is 13.2. The highest BCUT2D eigenvalue weighted by molar-refractivity contribution is 5.72. The Morgan fingerprint density at radius 1 is 0.976 bits per heavy atom. The van der Waals surface area contributed by atoms with Crippen molar-refractivity contribution in [3.05, 3.63) is 0 Å². The molecule has 230 valence electrons. The van der Waals surface area contributed by atoms with E-state index >= 15 is 0 Å². The summed E-state index contributed by atoms with van der Waals surface area (Å²) in [6, 6.07) is 0. The van der Waals surface area contributed by atoms with E-state index in [1.807, 2.05) is 0 Å². The Bertz CT molecular complexity index is 1070. The van der Waals surface area contributed by atoms with Crippen molar-refractivity contribution in [3.63, 3.8) is 0 Å². The number of hydrogen-bond donors (Lipinski definition) is 2. The van der Waals surface area contributed by atoms with Gasteiger partial charge in [-0.2, -0.15) is 0 Å². The summed E-state index contributed by atoms with van der Waals surface area (Å²) in [6.45, 7) is 4.12. The van der Waals surface area contributed by atoms with Crippen LogP contribution < -0.4 is 0 Å². The van der Waals surface area contributed by atoms with Crippen LogP contribution in [-0.2, 0) is 38.0 Å². The zero-order valence-corrected chi connectivity index (χ0v) is 24.7. The molecule has 3 saturated heterocycles. The van der Waals surface area contributed by atoms with Gasteiger partial charge in [-0.15, -0.1) is 0 Å². The first-order valence-electron chi connectivity index (χ1n) is 15.7. The molecule has 4 aliphatic carbocycles. The molecule has 4 saturated carbocycles. The van der Waals surface area contributed by atoms with Crippen molar-refractivity contribution in [1.82, 2.24) is 0 Å². The second-order valence-electron chi connectivity index (χ2n) is 14.4. The Hall–Kier alpha value is -1.14. The first-order chi connectivity index (χ1) is 19.6. The Labute approximate surface area is 241 Å². The van der Waals surface area contributed by atoms with Gasteiger partial charge in [-0.25, -0.2) is 0 Å². The molecule has 0 aromatic rings. The summed E-state index contributed by atoms with van der Waals surface area (Å²) < 4.78 is 36.2. The second-order valence-corrected chi connectivity index (χ2v) is 14.4. The molecule has 0 spiro atoms. The predicted molar refractivity (Wildman–Crippen MR) is 142 cm³/mol. The quantitative estimate of drug-likeness (QED) is 0.285. The summed E-state index contributed by atoms with van der Waals surface area (Å²) in [5.74, 6) is 0.448. The molecule has 3 heterocycles. The molecule has 0 aromatic heterocycles. The first kappa shape index (κ1) is 28.6. The fraction of sp³-hybridized carbons (Fsp3) is 0.935. The van der Waals surface area contributed by atoms with Gasteiger partial charge >= 0.3 is 5.97 Å². The maximum atomic E-state index is 13.2. The van der Waals surface area contributed by atoms with Crippen LogP contribution in [0.4, 0.5) is 0 Å². The van der Waals surface area contributed by atoms with E-state index in [-0.39, 0.29) is 35.2 Å². The fourth-order valence-corrected chi connectivity index (χ4v) is 11.2. The molecule has 0 unspecified atom stereocenters. The van der Waals surface area contributed by atoms with E-state index in [0.29, 0.717) is 38.0 Å². The molecule has 7 rings (SSSR count). The SMILES string of the molecule is CO[C@H]1[C@H](O[C@H]2CC[C@]3(C=O)[C@H]4CC[C@]5(C)[C@@H]6CC[C@]5(O[C@H]5OC(=O)C[C@H]56)[C@@H]4CC[C@]3(O)C2)O[C@H](C)[C@H](O)[C@@H]1OC. The van der Waals surface area contributed by atoms with Gasteiger partial charge in [0, 0.05) is 32.0 Å². The molecule has 0 amide bonds. The minimum absolute atomic E-state index is 0.00845. The highest BCUT2D eigenvalue weighted by Crippen LogP contribution is 2.74. The van der Waals surface area contributed by atoms with Gasteiger partial charge in [0.2, 0.25) is 6.29 Å². The smallest absolute Gasteiger partial charge is 0.308 e. The van der Waals surface area contributed by atoms with Gasteiger partial charge in [0.15, 0.2) is 6.29 Å². The summed E-state index contributed by atoms with van der Waals surface area (Å²) >= 11 is 0. The van der Waals surface area contributed by atoms with Crippen molar-refractivity contribution in [2.75, 3.05) is 14.2 Å². The van der Waals surface area contributed by atoms with E-state index in [0.717, 1.165) is 38.4 Å². The molecule has 3 aliphatic heterocycles. The standard InChI is InChI=1S/C31H46O10/c1-16-23(34)24(36-3)25(37-4)27(38-16)39-17-5-10-29(15-32)20-6-9-28(2)19-8-12-31(28,21(20)7-11-30(29,35)14-17)41-26-18(19)13-22(33)40-26/h15-21,23-27,34-35H,5-14H2,1-4H3/t16-,17+,18+,19-,20+,21-,23+,24+,25-,26-,27+,28-,29+,30+,31+/m1/s1. The summed E-state index contributed by atoms with van der Waals surface area (Å²) in [6.07, 6.45) is 3.74. The highest BCUT2D eigenvalue weighted by atomic mass is 16.7. The summed E-state index contributed by atoms with van der Waals surface area (Å²) in [5, 5.41) is 22.9. The minimum Gasteiger partial charge on any atom is -0.435 e. The van der Waals surface area contributed by atoms with Crippen LogP contribution in [0.2, 0.25) is 0 Å². The van der Waals surface area contributed by atoms with Crippen molar-refractivity contribution in [1.29, 1.82) is 0 Å². The van der Waals surface area contributed by atoms with Crippen LogP contribution in [0.15, 0.2) is 0 Å². The van der Waals surface area contributed by atoms with Crippen LogP contribution >= 0.6 is 0 Å². The van der Waals surface area contributed by atoms with Crippen molar-refractivity contribution >= 4 is 12.3 Å². The topological polar surface area (TPSA) is 130 Å². The van der Waals surface area contributed by atoms with Gasteiger partial charge in [0.05, 0.1) is 35.2 Å². The Morgan fingerprint density at radius 3 is 2.44 bits per heavy atom. The van der Waals surface area contributed by atoms with Gasteiger partial charge in [-0.1, -0.05) is 6.92 Å². The van der Waals surface area contributed by atoms with E-state index in [1.165, 1.54) is 14.2 Å². The molecule has 7 aliphatic rings. The van der Waals surface area contributed by atoms with Crippen LogP contribution in [0, 0.1) is 34.5 Å². The first-order valence-corrected chi connectivity index (χ1v) is 15.7. The Morgan fingerprint density at radius 2 is 1.71 bits per heavy atom. The highest BCUT2D eigenvalue weighted by Gasteiger charge is 2.76. The Balaban J connectivity index is 1.14. The van der Waals surface area contributed by atoms with Gasteiger partial charge in [-0.05, 0) is 76.0 Å².